The van der Waals surface area contributed by atoms with Crippen LogP contribution >= 0.6 is 0 Å². The minimum absolute atomic E-state index is 0.244. The van der Waals surface area contributed by atoms with Gasteiger partial charge in [-0.15, -0.1) is 0 Å². The fourth-order valence-corrected chi connectivity index (χ4v) is 5.27. The molecule has 0 aliphatic carbocycles. The van der Waals surface area contributed by atoms with Crippen LogP contribution in [0.25, 0.3) is 0 Å². The van der Waals surface area contributed by atoms with Crippen LogP contribution in [0.3, 0.4) is 0 Å². The van der Waals surface area contributed by atoms with Crippen LogP contribution in [-0.4, -0.2) is 54.1 Å². The second kappa shape index (κ2) is 6.50. The van der Waals surface area contributed by atoms with Crippen LogP contribution in [0.4, 0.5) is 5.95 Å². The number of hydrogen-bond donors (Lipinski definition) is 0. The van der Waals surface area contributed by atoms with E-state index in [4.69, 9.17) is 0 Å². The third-order valence-corrected chi connectivity index (χ3v) is 7.00. The molecule has 0 spiro atoms. The molecule has 0 saturated carbocycles. The SMILES string of the molecule is Cc1ccnc(N2CCC(S(=O)(=O)N3CCCCC3)CC2)n1. The van der Waals surface area contributed by atoms with Crippen molar-refractivity contribution in [3.8, 4) is 0 Å². The molecule has 0 N–H and O–H groups in total. The van der Waals surface area contributed by atoms with Gasteiger partial charge in [0.05, 0.1) is 5.25 Å². The summed E-state index contributed by atoms with van der Waals surface area (Å²) >= 11 is 0. The van der Waals surface area contributed by atoms with E-state index in [1.807, 2.05) is 13.0 Å². The quantitative estimate of drug-likeness (QED) is 0.844. The van der Waals surface area contributed by atoms with Crippen molar-refractivity contribution in [1.29, 1.82) is 0 Å². The smallest absolute Gasteiger partial charge is 0.225 e. The Morgan fingerprint density at radius 3 is 2.41 bits per heavy atom. The van der Waals surface area contributed by atoms with Gasteiger partial charge in [-0.3, -0.25) is 0 Å². The summed E-state index contributed by atoms with van der Waals surface area (Å²) in [6.45, 7) is 4.76. The van der Waals surface area contributed by atoms with Crippen molar-refractivity contribution in [1.82, 2.24) is 14.3 Å². The largest absolute Gasteiger partial charge is 0.341 e. The molecule has 1 aromatic rings. The van der Waals surface area contributed by atoms with Gasteiger partial charge in [0.15, 0.2) is 0 Å². The first-order valence-electron chi connectivity index (χ1n) is 8.11. The normalized spacial score (nSPS) is 22.0. The van der Waals surface area contributed by atoms with E-state index < -0.39 is 10.0 Å². The van der Waals surface area contributed by atoms with Gasteiger partial charge in [0.25, 0.3) is 0 Å². The van der Waals surface area contributed by atoms with Gasteiger partial charge < -0.3 is 4.90 Å². The Morgan fingerprint density at radius 1 is 1.09 bits per heavy atom. The van der Waals surface area contributed by atoms with Gasteiger partial charge in [0.1, 0.15) is 0 Å². The van der Waals surface area contributed by atoms with Crippen molar-refractivity contribution in [2.24, 2.45) is 0 Å². The highest BCUT2D eigenvalue weighted by Gasteiger charge is 2.35. The predicted octanol–water partition coefficient (Wildman–Crippen LogP) is 1.57. The van der Waals surface area contributed by atoms with Crippen LogP contribution in [0, 0.1) is 6.92 Å². The van der Waals surface area contributed by atoms with Gasteiger partial charge in [-0.1, -0.05) is 6.42 Å². The van der Waals surface area contributed by atoms with Gasteiger partial charge in [-0.05, 0) is 38.7 Å². The molecule has 22 heavy (non-hydrogen) atoms. The molecule has 0 atom stereocenters. The maximum Gasteiger partial charge on any atom is 0.225 e. The van der Waals surface area contributed by atoms with E-state index in [0.717, 1.165) is 25.0 Å². The van der Waals surface area contributed by atoms with E-state index in [1.54, 1.807) is 10.5 Å². The van der Waals surface area contributed by atoms with E-state index in [9.17, 15) is 8.42 Å². The van der Waals surface area contributed by atoms with Crippen molar-refractivity contribution >= 4 is 16.0 Å². The summed E-state index contributed by atoms with van der Waals surface area (Å²) in [5, 5.41) is -0.244. The third-order valence-electron chi connectivity index (χ3n) is 4.60. The van der Waals surface area contributed by atoms with Crippen LogP contribution in [0.1, 0.15) is 37.8 Å². The molecule has 6 nitrogen and oxygen atoms in total. The molecule has 2 aliphatic rings. The Bertz CT molecular complexity index is 606. The van der Waals surface area contributed by atoms with Gasteiger partial charge >= 0.3 is 0 Å². The average molecular weight is 324 g/mol. The number of anilines is 1. The second-order valence-electron chi connectivity index (χ2n) is 6.19. The topological polar surface area (TPSA) is 66.4 Å². The number of piperidine rings is 2. The molecule has 0 radical (unpaired) electrons. The zero-order chi connectivity index (χ0) is 15.6. The lowest BCUT2D eigenvalue weighted by molar-refractivity contribution is 0.338. The fourth-order valence-electron chi connectivity index (χ4n) is 3.27. The van der Waals surface area contributed by atoms with Crippen LogP contribution in [-0.2, 0) is 10.0 Å². The highest BCUT2D eigenvalue weighted by molar-refractivity contribution is 7.89. The van der Waals surface area contributed by atoms with Crippen molar-refractivity contribution in [3.05, 3.63) is 18.0 Å². The number of aryl methyl sites for hydroxylation is 1. The van der Waals surface area contributed by atoms with Crippen molar-refractivity contribution in [2.45, 2.75) is 44.3 Å². The summed E-state index contributed by atoms with van der Waals surface area (Å²) < 4.78 is 27.1. The average Bonchev–Trinajstić information content (AvgIpc) is 2.56. The predicted molar refractivity (Wildman–Crippen MR) is 86.3 cm³/mol. The molecule has 0 amide bonds. The molecular weight excluding hydrogens is 300 g/mol. The third kappa shape index (κ3) is 3.25. The maximum atomic E-state index is 12.7. The van der Waals surface area contributed by atoms with Gasteiger partial charge in [0.2, 0.25) is 16.0 Å². The lowest BCUT2D eigenvalue weighted by Crippen LogP contribution is -2.47. The number of rotatable bonds is 3. The zero-order valence-electron chi connectivity index (χ0n) is 13.1. The number of hydrogen-bond acceptors (Lipinski definition) is 5. The monoisotopic (exact) mass is 324 g/mol. The van der Waals surface area contributed by atoms with Crippen LogP contribution in [0.2, 0.25) is 0 Å². The molecule has 122 valence electrons. The van der Waals surface area contributed by atoms with Crippen molar-refractivity contribution < 1.29 is 8.42 Å². The minimum Gasteiger partial charge on any atom is -0.341 e. The summed E-state index contributed by atoms with van der Waals surface area (Å²) in [4.78, 5) is 10.8. The van der Waals surface area contributed by atoms with Crippen molar-refractivity contribution in [3.63, 3.8) is 0 Å². The summed E-state index contributed by atoms with van der Waals surface area (Å²) in [5.41, 5.74) is 0.938. The van der Waals surface area contributed by atoms with E-state index in [-0.39, 0.29) is 5.25 Å². The van der Waals surface area contributed by atoms with E-state index in [1.165, 1.54) is 0 Å². The van der Waals surface area contributed by atoms with E-state index >= 15 is 0 Å². The summed E-state index contributed by atoms with van der Waals surface area (Å²) in [6, 6.07) is 1.87. The highest BCUT2D eigenvalue weighted by Crippen LogP contribution is 2.25. The highest BCUT2D eigenvalue weighted by atomic mass is 32.2. The Morgan fingerprint density at radius 2 is 1.77 bits per heavy atom. The van der Waals surface area contributed by atoms with Crippen LogP contribution in [0.15, 0.2) is 12.3 Å². The summed E-state index contributed by atoms with van der Waals surface area (Å²) in [5.74, 6) is 0.717. The Labute approximate surface area is 132 Å². The lowest BCUT2D eigenvalue weighted by Gasteiger charge is -2.35. The standard InChI is InChI=1S/C15H24N4O2S/c1-13-5-8-16-15(17-13)18-11-6-14(7-12-18)22(20,21)19-9-3-2-4-10-19/h5,8,14H,2-4,6-7,9-12H2,1H3. The molecule has 2 saturated heterocycles. The zero-order valence-corrected chi connectivity index (χ0v) is 13.9. The molecule has 3 rings (SSSR count). The first-order chi connectivity index (χ1) is 10.6. The van der Waals surface area contributed by atoms with E-state index in [2.05, 4.69) is 14.9 Å². The summed E-state index contributed by atoms with van der Waals surface area (Å²) in [7, 11) is -3.13. The molecule has 2 fully saturated rings. The fraction of sp³-hybridized carbons (Fsp3) is 0.733. The Balaban J connectivity index is 1.63. The molecule has 0 aromatic carbocycles. The molecule has 0 unspecified atom stereocenters. The van der Waals surface area contributed by atoms with Crippen LogP contribution < -0.4 is 4.90 Å². The van der Waals surface area contributed by atoms with E-state index in [0.29, 0.717) is 45.0 Å². The first kappa shape index (κ1) is 15.7. The van der Waals surface area contributed by atoms with Gasteiger partial charge in [-0.2, -0.15) is 0 Å². The Hall–Kier alpha value is -1.21. The molecule has 0 bridgehead atoms. The van der Waals surface area contributed by atoms with Crippen LogP contribution in [0.5, 0.6) is 0 Å². The summed E-state index contributed by atoms with van der Waals surface area (Å²) in [6.07, 6.45) is 6.22. The second-order valence-corrected chi connectivity index (χ2v) is 8.40. The molecule has 2 aliphatic heterocycles. The number of sulfonamides is 1. The van der Waals surface area contributed by atoms with Crippen molar-refractivity contribution in [2.75, 3.05) is 31.1 Å². The number of aromatic nitrogens is 2. The maximum absolute atomic E-state index is 12.7. The van der Waals surface area contributed by atoms with Gasteiger partial charge in [0, 0.05) is 38.1 Å². The Kier molecular flexibility index (Phi) is 4.63. The molecule has 7 heteroatoms. The minimum atomic E-state index is -3.13. The molecule has 3 heterocycles. The van der Waals surface area contributed by atoms with Gasteiger partial charge in [-0.25, -0.2) is 22.7 Å². The lowest BCUT2D eigenvalue weighted by atomic mass is 10.1. The molecule has 1 aromatic heterocycles. The first-order valence-corrected chi connectivity index (χ1v) is 9.61. The molecular formula is C15H24N4O2S. The number of nitrogens with zero attached hydrogens (tertiary/aromatic N) is 4.